The van der Waals surface area contributed by atoms with Crippen LogP contribution in [0.25, 0.3) is 0 Å². The Hall–Kier alpha value is -2.36. The van der Waals surface area contributed by atoms with Crippen LogP contribution in [0, 0.1) is 0 Å². The lowest BCUT2D eigenvalue weighted by Gasteiger charge is -2.51. The molecule has 1 saturated heterocycles. The molecule has 0 aliphatic carbocycles. The number of carbonyl (C=O) groups excluding carboxylic acids is 2. The largest absolute Gasteiger partial charge is 0.343 e. The molecule has 1 fully saturated rings. The molecule has 2 N–H and O–H groups in total. The molecule has 2 aliphatic heterocycles. The van der Waals surface area contributed by atoms with Crippen molar-refractivity contribution in [1.82, 2.24) is 25.3 Å². The number of halogens is 4. The Balaban J connectivity index is 0.00000245. The van der Waals surface area contributed by atoms with Crippen molar-refractivity contribution in [3.8, 4) is 0 Å². The minimum Gasteiger partial charge on any atom is -0.343 e. The average Bonchev–Trinajstić information content (AvgIpc) is 3.05. The van der Waals surface area contributed by atoms with Gasteiger partial charge in [0.1, 0.15) is 6.04 Å². The number of carbonyl (C=O) groups is 2. The maximum atomic E-state index is 14.1. The Morgan fingerprint density at radius 3 is 2.09 bits per heavy atom. The van der Waals surface area contributed by atoms with E-state index in [2.05, 4.69) is 83.7 Å². The van der Waals surface area contributed by atoms with E-state index in [-0.39, 0.29) is 60.7 Å². The van der Waals surface area contributed by atoms with Crippen LogP contribution < -0.4 is 10.6 Å². The molecule has 252 valence electrons. The molecule has 5 rings (SSSR count). The molecule has 2 aliphatic rings. The molecule has 0 bridgehead atoms. The fourth-order valence-corrected chi connectivity index (χ4v) is 6.84. The Morgan fingerprint density at radius 1 is 0.891 bits per heavy atom. The van der Waals surface area contributed by atoms with Crippen molar-refractivity contribution >= 4 is 60.6 Å². The van der Waals surface area contributed by atoms with E-state index < -0.39 is 6.04 Å². The maximum absolute atomic E-state index is 14.1. The molecule has 0 aromatic heterocycles. The second-order valence-electron chi connectivity index (χ2n) is 11.7. The summed E-state index contributed by atoms with van der Waals surface area (Å²) in [5.41, 5.74) is 4.33. The van der Waals surface area contributed by atoms with Crippen molar-refractivity contribution in [2.45, 2.75) is 57.9 Å². The number of fused-ring (bicyclic) bond motifs is 1. The quantitative estimate of drug-likeness (QED) is 0.283. The molecule has 0 saturated carbocycles. The summed E-state index contributed by atoms with van der Waals surface area (Å²) in [6.07, 6.45) is 1.01. The van der Waals surface area contributed by atoms with E-state index in [0.717, 1.165) is 31.7 Å². The topological polar surface area (TPSA) is 67.9 Å². The first-order valence-corrected chi connectivity index (χ1v) is 15.9. The Labute approximate surface area is 297 Å². The predicted molar refractivity (Wildman–Crippen MR) is 194 cm³/mol. The third-order valence-corrected chi connectivity index (χ3v) is 9.52. The Bertz CT molecular complexity index is 1390. The minimum atomic E-state index is -0.664. The van der Waals surface area contributed by atoms with Gasteiger partial charge in [-0.15, -0.1) is 37.2 Å². The van der Waals surface area contributed by atoms with Gasteiger partial charge in [0.2, 0.25) is 11.8 Å². The second-order valence-corrected chi connectivity index (χ2v) is 12.1. The zero-order chi connectivity index (χ0) is 30.4. The molecule has 7 nitrogen and oxygen atoms in total. The highest BCUT2D eigenvalue weighted by molar-refractivity contribution is 6.30. The second kappa shape index (κ2) is 18.3. The van der Waals surface area contributed by atoms with Crippen LogP contribution in [-0.4, -0.2) is 77.9 Å². The van der Waals surface area contributed by atoms with E-state index in [9.17, 15) is 9.59 Å². The van der Waals surface area contributed by atoms with E-state index in [1.165, 1.54) is 16.7 Å². The number of rotatable bonds is 10. The summed E-state index contributed by atoms with van der Waals surface area (Å²) in [5, 5.41) is 7.14. The van der Waals surface area contributed by atoms with Crippen LogP contribution in [0.5, 0.6) is 0 Å². The SMILES string of the molecule is CCN(CC)C(C)(c1ccccc1)N1CCN(C(=O)C(Cc2ccc(Cl)cc2)NC(=O)C2Cc3ccccc3CN2)CC1.Cl.Cl.Cl. The minimum absolute atomic E-state index is 0. The summed E-state index contributed by atoms with van der Waals surface area (Å²) in [6, 6.07) is 25.3. The molecular weight excluding hydrogens is 664 g/mol. The first-order valence-electron chi connectivity index (χ1n) is 15.5. The first-order chi connectivity index (χ1) is 20.8. The fourth-order valence-electron chi connectivity index (χ4n) is 6.71. The molecule has 2 amide bonds. The van der Waals surface area contributed by atoms with Crippen molar-refractivity contribution in [3.63, 3.8) is 0 Å². The van der Waals surface area contributed by atoms with E-state index in [0.29, 0.717) is 37.5 Å². The number of hydrogen-bond donors (Lipinski definition) is 2. The van der Waals surface area contributed by atoms with Crippen molar-refractivity contribution in [2.75, 3.05) is 39.3 Å². The van der Waals surface area contributed by atoms with Crippen LogP contribution in [0.15, 0.2) is 78.9 Å². The third kappa shape index (κ3) is 8.95. The molecule has 2 heterocycles. The summed E-state index contributed by atoms with van der Waals surface area (Å²) in [7, 11) is 0. The highest BCUT2D eigenvalue weighted by atomic mass is 35.5. The maximum Gasteiger partial charge on any atom is 0.245 e. The van der Waals surface area contributed by atoms with E-state index in [4.69, 9.17) is 11.6 Å². The molecule has 3 aromatic carbocycles. The lowest BCUT2D eigenvalue weighted by Crippen LogP contribution is -2.63. The molecule has 11 heteroatoms. The standard InChI is InChI=1S/C35H44ClN5O2.3ClH/c1-4-40(5-2)35(3,29-13-7-6-8-14-29)41-21-19-39(20-22-41)34(43)32(23-26-15-17-30(36)18-16-26)38-33(42)31-24-27-11-9-10-12-28(27)25-37-31;;;/h6-18,31-32,37H,4-5,19-25H2,1-3H3,(H,38,42);3*1H. The van der Waals surface area contributed by atoms with Gasteiger partial charge in [0.05, 0.1) is 11.7 Å². The van der Waals surface area contributed by atoms with Gasteiger partial charge in [-0.3, -0.25) is 19.4 Å². The lowest BCUT2D eigenvalue weighted by atomic mass is 9.95. The van der Waals surface area contributed by atoms with Crippen molar-refractivity contribution in [3.05, 3.63) is 106 Å². The number of nitrogens with zero attached hydrogens (tertiary/aromatic N) is 3. The lowest BCUT2D eigenvalue weighted by molar-refractivity contribution is -0.141. The zero-order valence-electron chi connectivity index (χ0n) is 26.8. The Morgan fingerprint density at radius 2 is 1.48 bits per heavy atom. The number of amides is 2. The molecule has 3 unspecified atom stereocenters. The highest BCUT2D eigenvalue weighted by Gasteiger charge is 2.41. The number of nitrogens with one attached hydrogen (secondary N) is 2. The van der Waals surface area contributed by atoms with Gasteiger partial charge in [-0.25, -0.2) is 0 Å². The third-order valence-electron chi connectivity index (χ3n) is 9.27. The van der Waals surface area contributed by atoms with Gasteiger partial charge in [0.25, 0.3) is 0 Å². The number of piperazine rings is 1. The van der Waals surface area contributed by atoms with Gasteiger partial charge in [0, 0.05) is 44.2 Å². The van der Waals surface area contributed by atoms with Crippen LogP contribution in [0.1, 0.15) is 43.0 Å². The van der Waals surface area contributed by atoms with Crippen LogP contribution in [0.2, 0.25) is 5.02 Å². The highest BCUT2D eigenvalue weighted by Crippen LogP contribution is 2.33. The fraction of sp³-hybridized carbons (Fsp3) is 0.429. The van der Waals surface area contributed by atoms with E-state index in [1.54, 1.807) is 0 Å². The smallest absolute Gasteiger partial charge is 0.245 e. The molecule has 3 aromatic rings. The Kier molecular flexibility index (Phi) is 15.8. The monoisotopic (exact) mass is 709 g/mol. The van der Waals surface area contributed by atoms with Gasteiger partial charge in [-0.1, -0.05) is 92.2 Å². The van der Waals surface area contributed by atoms with Crippen molar-refractivity contribution < 1.29 is 9.59 Å². The van der Waals surface area contributed by atoms with Gasteiger partial charge in [-0.2, -0.15) is 0 Å². The van der Waals surface area contributed by atoms with Crippen molar-refractivity contribution in [1.29, 1.82) is 0 Å². The van der Waals surface area contributed by atoms with Crippen LogP contribution in [0.4, 0.5) is 0 Å². The average molecular weight is 712 g/mol. The van der Waals surface area contributed by atoms with Crippen molar-refractivity contribution in [2.24, 2.45) is 0 Å². The normalized spacial score (nSPS) is 18.1. The van der Waals surface area contributed by atoms with E-state index >= 15 is 0 Å². The summed E-state index contributed by atoms with van der Waals surface area (Å²) >= 11 is 6.14. The summed E-state index contributed by atoms with van der Waals surface area (Å²) in [5.74, 6) is -0.179. The zero-order valence-corrected chi connectivity index (χ0v) is 30.0. The first kappa shape index (κ1) is 39.8. The van der Waals surface area contributed by atoms with E-state index in [1.807, 2.05) is 41.3 Å². The summed E-state index contributed by atoms with van der Waals surface area (Å²) in [4.78, 5) is 34.6. The summed E-state index contributed by atoms with van der Waals surface area (Å²) < 4.78 is 0. The molecule has 46 heavy (non-hydrogen) atoms. The number of hydrogen-bond acceptors (Lipinski definition) is 5. The van der Waals surface area contributed by atoms with Crippen LogP contribution in [0.3, 0.4) is 0 Å². The molecule has 0 radical (unpaired) electrons. The predicted octanol–water partition coefficient (Wildman–Crippen LogP) is 5.71. The van der Waals surface area contributed by atoms with Gasteiger partial charge < -0.3 is 15.5 Å². The molecule has 3 atom stereocenters. The molecular formula is C35H47Cl4N5O2. The van der Waals surface area contributed by atoms with Gasteiger partial charge in [-0.05, 0) is 60.8 Å². The van der Waals surface area contributed by atoms with Gasteiger partial charge >= 0.3 is 0 Å². The van der Waals surface area contributed by atoms with Crippen LogP contribution in [-0.2, 0) is 34.6 Å². The number of benzene rings is 3. The van der Waals surface area contributed by atoms with Crippen LogP contribution >= 0.6 is 48.8 Å². The summed E-state index contributed by atoms with van der Waals surface area (Å²) in [6.45, 7) is 11.9. The molecule has 0 spiro atoms. The van der Waals surface area contributed by atoms with Gasteiger partial charge in [0.15, 0.2) is 0 Å².